The van der Waals surface area contributed by atoms with Crippen molar-refractivity contribution < 1.29 is 38.8 Å². The molecule has 0 aliphatic heterocycles. The number of carboxylic acid groups (broad SMARTS) is 1. The molecule has 3 N–H and O–H groups in total. The number of phenolic OH excluding ortho intramolecular Hbond substituents is 1. The molecule has 0 fully saturated rings. The van der Waals surface area contributed by atoms with Crippen molar-refractivity contribution in [3.63, 3.8) is 0 Å². The van der Waals surface area contributed by atoms with E-state index in [0.29, 0.717) is 5.56 Å². The number of halogens is 1. The minimum Gasteiger partial charge on any atom is -0.507 e. The van der Waals surface area contributed by atoms with E-state index in [1.54, 1.807) is 6.92 Å². The van der Waals surface area contributed by atoms with E-state index in [4.69, 9.17) is 30.6 Å². The van der Waals surface area contributed by atoms with Crippen LogP contribution >= 0.6 is 23.4 Å². The molecule has 0 spiro atoms. The molecule has 0 aliphatic carbocycles. The Morgan fingerprint density at radius 2 is 1.94 bits per heavy atom. The summed E-state index contributed by atoms with van der Waals surface area (Å²) in [6.45, 7) is 1.69. The van der Waals surface area contributed by atoms with Gasteiger partial charge in [-0.25, -0.2) is 9.59 Å². The van der Waals surface area contributed by atoms with Crippen molar-refractivity contribution in [2.45, 2.75) is 17.9 Å². The van der Waals surface area contributed by atoms with Crippen LogP contribution in [0.2, 0.25) is 5.02 Å². The summed E-state index contributed by atoms with van der Waals surface area (Å²) in [6.07, 6.45) is -1.75. The average Bonchev–Trinajstić information content (AvgIpc) is 2.71. The van der Waals surface area contributed by atoms with Crippen LogP contribution in [0.15, 0.2) is 26.2 Å². The second-order valence-electron chi connectivity index (χ2n) is 6.50. The number of fused-ring (bicyclic) bond motifs is 2. The molecule has 9 nitrogen and oxygen atoms in total. The molecule has 11 heteroatoms. The molecular formula is C20H17ClO9S. The second kappa shape index (κ2) is 8.66. The van der Waals surface area contributed by atoms with Crippen LogP contribution in [0.1, 0.15) is 15.9 Å². The zero-order valence-corrected chi connectivity index (χ0v) is 18.1. The molecule has 164 valence electrons. The van der Waals surface area contributed by atoms with Crippen LogP contribution in [0, 0.1) is 6.92 Å². The normalized spacial score (nSPS) is 12.2. The summed E-state index contributed by atoms with van der Waals surface area (Å²) in [4.78, 5) is 37.0. The molecule has 31 heavy (non-hydrogen) atoms. The van der Waals surface area contributed by atoms with Gasteiger partial charge in [0.15, 0.2) is 17.4 Å². The first-order valence-electron chi connectivity index (χ1n) is 8.73. The fourth-order valence-electron chi connectivity index (χ4n) is 3.09. The number of thioether (sulfide) groups is 1. The van der Waals surface area contributed by atoms with Gasteiger partial charge in [0.1, 0.15) is 21.7 Å². The summed E-state index contributed by atoms with van der Waals surface area (Å²) in [5.74, 6) is -3.18. The number of carboxylic acids is 1. The van der Waals surface area contributed by atoms with E-state index in [0.717, 1.165) is 18.9 Å². The first kappa shape index (κ1) is 22.7. The van der Waals surface area contributed by atoms with Crippen molar-refractivity contribution in [1.29, 1.82) is 0 Å². The lowest BCUT2D eigenvalue weighted by atomic mass is 10.0. The standard InChI is InChI=1S/C20H17ClO9S/c1-7-4-8(22)11-10(5-7)30-16-12(15(11)24)13(20(27)29-3)18(17(28-2)14(16)21)31-6-9(23)19(25)26/h4-5,9,22-23H,6H2,1-3H3,(H,25,26)/t9-/m0/s1. The zero-order chi connectivity index (χ0) is 23.0. The molecule has 1 atom stereocenters. The number of rotatable bonds is 6. The van der Waals surface area contributed by atoms with Gasteiger partial charge in [-0.2, -0.15) is 0 Å². The maximum absolute atomic E-state index is 13.3. The van der Waals surface area contributed by atoms with Gasteiger partial charge in [-0.05, 0) is 24.6 Å². The van der Waals surface area contributed by atoms with Crippen molar-refractivity contribution >= 4 is 57.2 Å². The Balaban J connectivity index is 2.49. The number of aryl methyl sites for hydroxylation is 1. The molecule has 3 rings (SSSR count). The SMILES string of the molecule is COC(=O)c1c(SC[C@H](O)C(=O)O)c(OC)c(Cl)c2oc3cc(C)cc(O)c3c(=O)c12. The minimum absolute atomic E-state index is 0.00889. The van der Waals surface area contributed by atoms with Crippen LogP contribution in [-0.4, -0.2) is 53.3 Å². The van der Waals surface area contributed by atoms with Gasteiger partial charge in [0.25, 0.3) is 0 Å². The van der Waals surface area contributed by atoms with Gasteiger partial charge >= 0.3 is 11.9 Å². The highest BCUT2D eigenvalue weighted by Gasteiger charge is 2.30. The molecule has 0 amide bonds. The number of hydrogen-bond acceptors (Lipinski definition) is 9. The highest BCUT2D eigenvalue weighted by atomic mass is 35.5. The number of aliphatic hydroxyl groups excluding tert-OH is 1. The third-order valence-electron chi connectivity index (χ3n) is 4.47. The molecular weight excluding hydrogens is 452 g/mol. The van der Waals surface area contributed by atoms with E-state index in [9.17, 15) is 24.6 Å². The quantitative estimate of drug-likeness (QED) is 0.280. The highest BCUT2D eigenvalue weighted by Crippen LogP contribution is 2.45. The number of methoxy groups -OCH3 is 2. The molecule has 0 radical (unpaired) electrons. The predicted octanol–water partition coefficient (Wildman–Crippen LogP) is 2.95. The molecule has 0 saturated heterocycles. The Hall–Kier alpha value is -2.95. The van der Waals surface area contributed by atoms with Gasteiger partial charge in [-0.1, -0.05) is 11.6 Å². The average molecular weight is 469 g/mol. The lowest BCUT2D eigenvalue weighted by Crippen LogP contribution is -2.22. The molecule has 0 saturated carbocycles. The number of benzene rings is 2. The molecule has 0 unspecified atom stereocenters. The van der Waals surface area contributed by atoms with E-state index in [-0.39, 0.29) is 54.7 Å². The van der Waals surface area contributed by atoms with E-state index < -0.39 is 23.5 Å². The van der Waals surface area contributed by atoms with Crippen molar-refractivity contribution in [2.75, 3.05) is 20.0 Å². The molecule has 1 heterocycles. The maximum atomic E-state index is 13.3. The smallest absolute Gasteiger partial charge is 0.340 e. The van der Waals surface area contributed by atoms with Gasteiger partial charge in [0.05, 0.1) is 30.1 Å². The van der Waals surface area contributed by atoms with Crippen LogP contribution in [0.5, 0.6) is 11.5 Å². The van der Waals surface area contributed by atoms with Crippen LogP contribution < -0.4 is 10.2 Å². The Kier molecular flexibility index (Phi) is 6.35. The maximum Gasteiger partial charge on any atom is 0.340 e. The number of aliphatic hydroxyl groups is 1. The van der Waals surface area contributed by atoms with Crippen LogP contribution in [0.4, 0.5) is 0 Å². The van der Waals surface area contributed by atoms with Gasteiger partial charge in [0, 0.05) is 5.75 Å². The lowest BCUT2D eigenvalue weighted by Gasteiger charge is -2.17. The number of aromatic hydroxyl groups is 1. The number of ether oxygens (including phenoxy) is 2. The van der Waals surface area contributed by atoms with E-state index >= 15 is 0 Å². The first-order valence-corrected chi connectivity index (χ1v) is 10.1. The van der Waals surface area contributed by atoms with Gasteiger partial charge < -0.3 is 29.2 Å². The van der Waals surface area contributed by atoms with Crippen LogP contribution in [-0.2, 0) is 9.53 Å². The molecule has 1 aromatic heterocycles. The number of hydrogen-bond donors (Lipinski definition) is 3. The van der Waals surface area contributed by atoms with Crippen molar-refractivity contribution in [3.05, 3.63) is 38.5 Å². The summed E-state index contributed by atoms with van der Waals surface area (Å²) >= 11 is 7.18. The number of phenols is 1. The Bertz CT molecular complexity index is 1280. The molecule has 0 bridgehead atoms. The number of carbonyl (C=O) groups is 2. The Morgan fingerprint density at radius 3 is 2.52 bits per heavy atom. The fourth-order valence-corrected chi connectivity index (χ4v) is 4.57. The van der Waals surface area contributed by atoms with Gasteiger partial charge in [0.2, 0.25) is 5.43 Å². The predicted molar refractivity (Wildman–Crippen MR) is 114 cm³/mol. The Labute approximate surface area is 184 Å². The minimum atomic E-state index is -1.75. The van der Waals surface area contributed by atoms with Crippen LogP contribution in [0.25, 0.3) is 21.9 Å². The zero-order valence-electron chi connectivity index (χ0n) is 16.5. The monoisotopic (exact) mass is 468 g/mol. The molecule has 0 aliphatic rings. The number of carbonyl (C=O) groups excluding carboxylic acids is 1. The van der Waals surface area contributed by atoms with Gasteiger partial charge in [-0.15, -0.1) is 11.8 Å². The summed E-state index contributed by atoms with van der Waals surface area (Å²) in [5.41, 5.74) is -0.504. The lowest BCUT2D eigenvalue weighted by molar-refractivity contribution is -0.145. The second-order valence-corrected chi connectivity index (χ2v) is 7.91. The third-order valence-corrected chi connectivity index (χ3v) is 5.97. The summed E-state index contributed by atoms with van der Waals surface area (Å²) in [5, 5.41) is 28.4. The molecule has 2 aromatic carbocycles. The summed E-state index contributed by atoms with van der Waals surface area (Å²) in [6, 6.07) is 2.90. The number of esters is 1. The largest absolute Gasteiger partial charge is 0.507 e. The van der Waals surface area contributed by atoms with E-state index in [2.05, 4.69) is 0 Å². The third kappa shape index (κ3) is 3.89. The van der Waals surface area contributed by atoms with Crippen LogP contribution in [0.3, 0.4) is 0 Å². The van der Waals surface area contributed by atoms with E-state index in [1.807, 2.05) is 0 Å². The number of aliphatic carboxylic acids is 1. The summed E-state index contributed by atoms with van der Waals surface area (Å²) in [7, 11) is 2.36. The van der Waals surface area contributed by atoms with E-state index in [1.165, 1.54) is 19.2 Å². The van der Waals surface area contributed by atoms with Gasteiger partial charge in [-0.3, -0.25) is 4.79 Å². The highest BCUT2D eigenvalue weighted by molar-refractivity contribution is 7.99. The first-order chi connectivity index (χ1) is 14.6. The van der Waals surface area contributed by atoms with Crippen molar-refractivity contribution in [1.82, 2.24) is 0 Å². The fraction of sp³-hybridized carbons (Fsp3) is 0.250. The summed E-state index contributed by atoms with van der Waals surface area (Å²) < 4.78 is 15.9. The topological polar surface area (TPSA) is 144 Å². The molecule has 3 aromatic rings. The van der Waals surface area contributed by atoms with Crippen molar-refractivity contribution in [3.8, 4) is 11.5 Å². The Morgan fingerprint density at radius 1 is 1.26 bits per heavy atom. The van der Waals surface area contributed by atoms with Crippen molar-refractivity contribution in [2.24, 2.45) is 0 Å².